The van der Waals surface area contributed by atoms with Crippen LogP contribution in [0.4, 0.5) is 0 Å². The van der Waals surface area contributed by atoms with Crippen molar-refractivity contribution in [3.8, 4) is 22.3 Å². The molecule has 0 radical (unpaired) electrons. The average molecular weight is 578 g/mol. The molecule has 1 atom stereocenters. The molecule has 42 heavy (non-hydrogen) atoms. The number of hydrogen-bond donors (Lipinski definition) is 2. The number of nitrogens with zero attached hydrogens (tertiary/aromatic N) is 4. The molecule has 1 aliphatic rings. The van der Waals surface area contributed by atoms with Gasteiger partial charge in [0.1, 0.15) is 0 Å². The van der Waals surface area contributed by atoms with Crippen LogP contribution in [0.25, 0.3) is 44.2 Å². The molecule has 4 heterocycles. The molecule has 2 N–H and O–H groups in total. The van der Waals surface area contributed by atoms with Gasteiger partial charge in [-0.3, -0.25) is 10.00 Å². The van der Waals surface area contributed by atoms with Crippen LogP contribution in [0.15, 0.2) is 96.3 Å². The molecule has 0 saturated carbocycles. The third-order valence-electron chi connectivity index (χ3n) is 8.12. The predicted octanol–water partition coefficient (Wildman–Crippen LogP) is 5.75. The van der Waals surface area contributed by atoms with Crippen molar-refractivity contribution in [1.82, 2.24) is 24.1 Å². The Bertz CT molecular complexity index is 2010. The number of rotatable bonds is 6. The van der Waals surface area contributed by atoms with Gasteiger partial charge in [0, 0.05) is 47.4 Å². The van der Waals surface area contributed by atoms with Gasteiger partial charge in [0.25, 0.3) is 10.0 Å². The number of aliphatic hydroxyl groups is 1. The fraction of sp³-hybridized carbons (Fsp3) is 0.212. The van der Waals surface area contributed by atoms with Crippen LogP contribution in [0.1, 0.15) is 24.0 Å². The molecular weight excluding hydrogens is 546 g/mol. The molecule has 3 aromatic heterocycles. The standard InChI is InChI=1S/C33H31N5O3S/c1-22-4-12-29(13-5-22)42(40,41)38-21-31(25-10-11-26-18-35-36-32(26)16-25)30-15-27(17-34-33(30)38)24-8-6-23(7-9-24)19-37-14-2-3-28(39)20-37/h4-13,15-18,21,28,39H,2-3,14,19-20H2,1H3,(H,35,36). The minimum atomic E-state index is -3.89. The highest BCUT2D eigenvalue weighted by Crippen LogP contribution is 2.36. The molecule has 1 unspecified atom stereocenters. The maximum Gasteiger partial charge on any atom is 0.269 e. The largest absolute Gasteiger partial charge is 0.392 e. The fourth-order valence-corrected chi connectivity index (χ4v) is 7.14. The number of aromatic amines is 1. The molecule has 3 aromatic carbocycles. The zero-order chi connectivity index (χ0) is 28.8. The smallest absolute Gasteiger partial charge is 0.269 e. The second-order valence-corrected chi connectivity index (χ2v) is 13.0. The van der Waals surface area contributed by atoms with Crippen molar-refractivity contribution in [2.24, 2.45) is 0 Å². The SMILES string of the molecule is Cc1ccc(S(=O)(=O)n2cc(-c3ccc4cn[nH]c4c3)c3cc(-c4ccc(CN5CCCC(O)C5)cc4)cnc32)cc1. The van der Waals surface area contributed by atoms with E-state index < -0.39 is 10.0 Å². The minimum Gasteiger partial charge on any atom is -0.392 e. The molecule has 1 saturated heterocycles. The first-order valence-electron chi connectivity index (χ1n) is 14.1. The molecule has 0 spiro atoms. The third kappa shape index (κ3) is 4.89. The molecule has 1 fully saturated rings. The van der Waals surface area contributed by atoms with Gasteiger partial charge < -0.3 is 5.11 Å². The van der Waals surface area contributed by atoms with E-state index in [9.17, 15) is 13.5 Å². The summed E-state index contributed by atoms with van der Waals surface area (Å²) in [5.41, 5.74) is 6.95. The zero-order valence-corrected chi connectivity index (χ0v) is 24.1. The van der Waals surface area contributed by atoms with Crippen molar-refractivity contribution >= 4 is 32.0 Å². The van der Waals surface area contributed by atoms with Crippen LogP contribution >= 0.6 is 0 Å². The van der Waals surface area contributed by atoms with Gasteiger partial charge in [-0.25, -0.2) is 17.4 Å². The van der Waals surface area contributed by atoms with Gasteiger partial charge >= 0.3 is 0 Å². The van der Waals surface area contributed by atoms with E-state index in [0.717, 1.165) is 70.0 Å². The Balaban J connectivity index is 1.31. The first kappa shape index (κ1) is 26.6. The van der Waals surface area contributed by atoms with Crippen molar-refractivity contribution in [2.45, 2.75) is 37.3 Å². The average Bonchev–Trinajstić information content (AvgIpc) is 3.62. The van der Waals surface area contributed by atoms with Gasteiger partial charge in [0.2, 0.25) is 0 Å². The van der Waals surface area contributed by atoms with Crippen LogP contribution in [-0.2, 0) is 16.6 Å². The molecule has 0 bridgehead atoms. The fourth-order valence-electron chi connectivity index (χ4n) is 5.81. The number of hydrogen-bond acceptors (Lipinski definition) is 6. The van der Waals surface area contributed by atoms with E-state index in [1.165, 1.54) is 9.54 Å². The van der Waals surface area contributed by atoms with E-state index in [0.29, 0.717) is 12.2 Å². The van der Waals surface area contributed by atoms with Crippen LogP contribution in [0.2, 0.25) is 0 Å². The van der Waals surface area contributed by atoms with E-state index in [1.807, 2.05) is 31.2 Å². The Morgan fingerprint density at radius 2 is 1.74 bits per heavy atom. The minimum absolute atomic E-state index is 0.211. The number of fused-ring (bicyclic) bond motifs is 2. The molecular formula is C33H31N5O3S. The summed E-state index contributed by atoms with van der Waals surface area (Å²) >= 11 is 0. The van der Waals surface area contributed by atoms with Gasteiger partial charge in [-0.1, -0.05) is 54.1 Å². The highest BCUT2D eigenvalue weighted by molar-refractivity contribution is 7.90. The summed E-state index contributed by atoms with van der Waals surface area (Å²) in [5.74, 6) is 0. The lowest BCUT2D eigenvalue weighted by molar-refractivity contribution is 0.0668. The van der Waals surface area contributed by atoms with Crippen LogP contribution in [-0.4, -0.2) is 56.8 Å². The molecule has 212 valence electrons. The van der Waals surface area contributed by atoms with Crippen molar-refractivity contribution in [3.05, 3.63) is 103 Å². The van der Waals surface area contributed by atoms with Crippen LogP contribution in [0.5, 0.6) is 0 Å². The number of aliphatic hydroxyl groups excluding tert-OH is 1. The molecule has 9 heteroatoms. The Morgan fingerprint density at radius 1 is 0.952 bits per heavy atom. The van der Waals surface area contributed by atoms with Gasteiger partial charge in [0.05, 0.1) is 22.7 Å². The van der Waals surface area contributed by atoms with Crippen LogP contribution in [0, 0.1) is 6.92 Å². The topological polar surface area (TPSA) is 104 Å². The first-order valence-corrected chi connectivity index (χ1v) is 15.6. The molecule has 6 aromatic rings. The Hall–Kier alpha value is -4.31. The monoisotopic (exact) mass is 577 g/mol. The van der Waals surface area contributed by atoms with Crippen molar-refractivity contribution in [2.75, 3.05) is 13.1 Å². The third-order valence-corrected chi connectivity index (χ3v) is 9.78. The normalized spacial score (nSPS) is 16.4. The van der Waals surface area contributed by atoms with E-state index in [1.54, 1.807) is 42.9 Å². The number of aromatic nitrogens is 4. The molecule has 7 rings (SSSR count). The van der Waals surface area contributed by atoms with Gasteiger partial charge in [0.15, 0.2) is 5.65 Å². The highest BCUT2D eigenvalue weighted by atomic mass is 32.2. The first-order chi connectivity index (χ1) is 20.3. The second kappa shape index (κ2) is 10.5. The summed E-state index contributed by atoms with van der Waals surface area (Å²) < 4.78 is 29.0. The van der Waals surface area contributed by atoms with E-state index in [2.05, 4.69) is 39.4 Å². The molecule has 0 aliphatic carbocycles. The number of pyridine rings is 1. The molecule has 8 nitrogen and oxygen atoms in total. The summed E-state index contributed by atoms with van der Waals surface area (Å²) in [6, 6.07) is 23.2. The van der Waals surface area contributed by atoms with Crippen molar-refractivity contribution in [3.63, 3.8) is 0 Å². The van der Waals surface area contributed by atoms with Gasteiger partial charge in [-0.15, -0.1) is 0 Å². The number of piperidine rings is 1. The van der Waals surface area contributed by atoms with E-state index >= 15 is 0 Å². The number of likely N-dealkylation sites (tertiary alicyclic amines) is 1. The maximum absolute atomic E-state index is 13.8. The number of β-amino-alcohol motifs (C(OH)–C–C–N with tert-alkyl or cyclic N) is 1. The summed E-state index contributed by atoms with van der Waals surface area (Å²) in [7, 11) is -3.89. The Kier molecular flexibility index (Phi) is 6.65. The van der Waals surface area contributed by atoms with E-state index in [-0.39, 0.29) is 11.0 Å². The Labute approximate surface area is 244 Å². The summed E-state index contributed by atoms with van der Waals surface area (Å²) in [4.78, 5) is 7.22. The lowest BCUT2D eigenvalue weighted by atomic mass is 10.0. The summed E-state index contributed by atoms with van der Waals surface area (Å²) in [6.07, 6.45) is 6.81. The maximum atomic E-state index is 13.8. The van der Waals surface area contributed by atoms with Crippen LogP contribution in [0.3, 0.4) is 0 Å². The van der Waals surface area contributed by atoms with Gasteiger partial charge in [-0.05, 0) is 67.3 Å². The number of nitrogens with one attached hydrogen (secondary N) is 1. The Morgan fingerprint density at radius 3 is 2.52 bits per heavy atom. The van der Waals surface area contributed by atoms with Crippen molar-refractivity contribution < 1.29 is 13.5 Å². The summed E-state index contributed by atoms with van der Waals surface area (Å²) in [5, 5.41) is 18.9. The second-order valence-electron chi connectivity index (χ2n) is 11.2. The van der Waals surface area contributed by atoms with E-state index in [4.69, 9.17) is 4.98 Å². The predicted molar refractivity (Wildman–Crippen MR) is 165 cm³/mol. The zero-order valence-electron chi connectivity index (χ0n) is 23.2. The van der Waals surface area contributed by atoms with Crippen LogP contribution < -0.4 is 0 Å². The number of H-pyrrole nitrogens is 1. The molecule has 0 amide bonds. The quantitative estimate of drug-likeness (QED) is 0.261. The number of aryl methyl sites for hydroxylation is 1. The van der Waals surface area contributed by atoms with Gasteiger partial charge in [-0.2, -0.15) is 5.10 Å². The number of benzene rings is 3. The molecule has 1 aliphatic heterocycles. The lowest BCUT2D eigenvalue weighted by Gasteiger charge is -2.29. The highest BCUT2D eigenvalue weighted by Gasteiger charge is 2.24. The summed E-state index contributed by atoms with van der Waals surface area (Å²) in [6.45, 7) is 4.43. The lowest BCUT2D eigenvalue weighted by Crippen LogP contribution is -2.37. The van der Waals surface area contributed by atoms with Crippen molar-refractivity contribution in [1.29, 1.82) is 0 Å².